The van der Waals surface area contributed by atoms with E-state index in [-0.39, 0.29) is 22.2 Å². The van der Waals surface area contributed by atoms with Crippen molar-refractivity contribution >= 4 is 40.6 Å². The molecule has 3 aromatic rings. The summed E-state index contributed by atoms with van der Waals surface area (Å²) in [7, 11) is 0. The number of carbonyl (C=O) groups is 1. The van der Waals surface area contributed by atoms with Crippen molar-refractivity contribution in [3.63, 3.8) is 0 Å². The summed E-state index contributed by atoms with van der Waals surface area (Å²) >= 11 is 6.98. The van der Waals surface area contributed by atoms with Gasteiger partial charge in [-0.15, -0.1) is 5.10 Å². The molecule has 0 aliphatic carbocycles. The van der Waals surface area contributed by atoms with Crippen LogP contribution >= 0.6 is 23.4 Å². The molecule has 0 saturated heterocycles. The van der Waals surface area contributed by atoms with Crippen LogP contribution in [0.5, 0.6) is 0 Å². The number of thioether (sulfide) groups is 1. The molecule has 1 amide bonds. The van der Waals surface area contributed by atoms with Crippen LogP contribution in [0.15, 0.2) is 47.6 Å². The molecule has 3 rings (SSSR count). The van der Waals surface area contributed by atoms with Gasteiger partial charge in [-0.3, -0.25) is 14.9 Å². The van der Waals surface area contributed by atoms with Crippen molar-refractivity contribution in [2.75, 3.05) is 11.1 Å². The number of non-ortho nitro benzene ring substituents is 1. The fraction of sp³-hybridized carbons (Fsp3) is 0.0667. The van der Waals surface area contributed by atoms with Gasteiger partial charge in [0.1, 0.15) is 5.82 Å². The molecule has 0 saturated carbocycles. The molecule has 2 aromatic carbocycles. The summed E-state index contributed by atoms with van der Waals surface area (Å²) in [5, 5.41) is 24.7. The number of carbonyl (C=O) groups excluding carboxylic acids is 1. The lowest BCUT2D eigenvalue weighted by Gasteiger charge is -2.07. The smallest absolute Gasteiger partial charge is 0.271 e. The Hall–Kier alpha value is -3.05. The fourth-order valence-corrected chi connectivity index (χ4v) is 2.99. The Morgan fingerprint density at radius 3 is 2.85 bits per heavy atom. The van der Waals surface area contributed by atoms with Crippen LogP contribution in [-0.4, -0.2) is 36.8 Å². The maximum absolute atomic E-state index is 13.4. The van der Waals surface area contributed by atoms with Gasteiger partial charge in [0.15, 0.2) is 0 Å². The van der Waals surface area contributed by atoms with Crippen LogP contribution in [0.4, 0.5) is 15.8 Å². The molecule has 0 atom stereocenters. The second-order valence-electron chi connectivity index (χ2n) is 5.11. The summed E-state index contributed by atoms with van der Waals surface area (Å²) in [6.45, 7) is 0. The van der Waals surface area contributed by atoms with E-state index >= 15 is 0 Å². The van der Waals surface area contributed by atoms with Crippen LogP contribution in [0.3, 0.4) is 0 Å². The highest BCUT2D eigenvalue weighted by molar-refractivity contribution is 7.99. The van der Waals surface area contributed by atoms with Crippen LogP contribution in [0.1, 0.15) is 0 Å². The molecule has 1 heterocycles. The predicted molar refractivity (Wildman–Crippen MR) is 96.6 cm³/mol. The number of rotatable bonds is 6. The van der Waals surface area contributed by atoms with Crippen LogP contribution < -0.4 is 5.32 Å². The third-order valence-corrected chi connectivity index (χ3v) is 4.50. The topological polar surface area (TPSA) is 116 Å². The number of nitro groups is 1. The Labute approximate surface area is 160 Å². The zero-order chi connectivity index (χ0) is 19.4. The summed E-state index contributed by atoms with van der Waals surface area (Å²) in [5.74, 6) is -0.905. The van der Waals surface area contributed by atoms with Crippen molar-refractivity contribution in [1.29, 1.82) is 0 Å². The number of tetrazole rings is 1. The average Bonchev–Trinajstić information content (AvgIpc) is 3.10. The van der Waals surface area contributed by atoms with Gasteiger partial charge in [-0.1, -0.05) is 29.4 Å². The van der Waals surface area contributed by atoms with Crippen LogP contribution in [0.25, 0.3) is 5.69 Å². The monoisotopic (exact) mass is 408 g/mol. The molecule has 1 N–H and O–H groups in total. The normalized spacial score (nSPS) is 10.6. The number of amides is 1. The standard InChI is InChI=1S/C15H10ClFN6O3S/c16-12-7-11(23(25)26)4-5-13(12)18-14(24)8-27-15-19-20-21-22(15)10-3-1-2-9(17)6-10/h1-7H,8H2,(H,18,24). The first-order valence-electron chi connectivity index (χ1n) is 7.35. The van der Waals surface area contributed by atoms with Gasteiger partial charge in [0, 0.05) is 12.1 Å². The Morgan fingerprint density at radius 2 is 2.15 bits per heavy atom. The SMILES string of the molecule is O=C(CSc1nnnn1-c1cccc(F)c1)Nc1ccc([N+](=O)[O-])cc1Cl. The molecule has 0 bridgehead atoms. The molecular weight excluding hydrogens is 399 g/mol. The van der Waals surface area contributed by atoms with E-state index in [0.29, 0.717) is 10.8 Å². The van der Waals surface area contributed by atoms with Crippen molar-refractivity contribution in [2.24, 2.45) is 0 Å². The van der Waals surface area contributed by atoms with E-state index in [1.807, 2.05) is 0 Å². The molecule has 27 heavy (non-hydrogen) atoms. The Kier molecular flexibility index (Phi) is 5.62. The molecule has 1 aromatic heterocycles. The van der Waals surface area contributed by atoms with Crippen LogP contribution in [0, 0.1) is 15.9 Å². The van der Waals surface area contributed by atoms with E-state index in [1.165, 1.54) is 35.0 Å². The van der Waals surface area contributed by atoms with Gasteiger partial charge >= 0.3 is 0 Å². The zero-order valence-electron chi connectivity index (χ0n) is 13.4. The molecule has 9 nitrogen and oxygen atoms in total. The maximum atomic E-state index is 13.4. The number of anilines is 1. The zero-order valence-corrected chi connectivity index (χ0v) is 14.9. The van der Waals surface area contributed by atoms with Crippen molar-refractivity contribution in [3.05, 3.63) is 63.4 Å². The second-order valence-corrected chi connectivity index (χ2v) is 6.46. The molecule has 0 unspecified atom stereocenters. The lowest BCUT2D eigenvalue weighted by molar-refractivity contribution is -0.384. The van der Waals surface area contributed by atoms with Gasteiger partial charge in [-0.25, -0.2) is 4.39 Å². The van der Waals surface area contributed by atoms with Gasteiger partial charge in [-0.2, -0.15) is 4.68 Å². The van der Waals surface area contributed by atoms with Crippen LogP contribution in [0.2, 0.25) is 5.02 Å². The lowest BCUT2D eigenvalue weighted by Crippen LogP contribution is -2.15. The van der Waals surface area contributed by atoms with Gasteiger partial charge < -0.3 is 5.32 Å². The van der Waals surface area contributed by atoms with Crippen LogP contribution in [-0.2, 0) is 4.79 Å². The summed E-state index contributed by atoms with van der Waals surface area (Å²) in [6, 6.07) is 9.43. The molecule has 12 heteroatoms. The second kappa shape index (κ2) is 8.10. The summed E-state index contributed by atoms with van der Waals surface area (Å²) in [6.07, 6.45) is 0. The van der Waals surface area contributed by atoms with Gasteiger partial charge in [0.05, 0.1) is 27.1 Å². The number of halogens is 2. The number of hydrogen-bond donors (Lipinski definition) is 1. The first-order chi connectivity index (χ1) is 12.9. The minimum Gasteiger partial charge on any atom is -0.324 e. The number of benzene rings is 2. The largest absolute Gasteiger partial charge is 0.324 e. The van der Waals surface area contributed by atoms with Gasteiger partial charge in [-0.05, 0) is 34.7 Å². The highest BCUT2D eigenvalue weighted by Crippen LogP contribution is 2.27. The molecule has 138 valence electrons. The third-order valence-electron chi connectivity index (χ3n) is 3.26. The molecule has 0 aliphatic heterocycles. The summed E-state index contributed by atoms with van der Waals surface area (Å²) < 4.78 is 14.7. The highest BCUT2D eigenvalue weighted by atomic mass is 35.5. The third kappa shape index (κ3) is 4.57. The van der Waals surface area contributed by atoms with Crippen molar-refractivity contribution in [1.82, 2.24) is 20.2 Å². The highest BCUT2D eigenvalue weighted by Gasteiger charge is 2.14. The molecule has 0 radical (unpaired) electrons. The lowest BCUT2D eigenvalue weighted by atomic mass is 10.3. The van der Waals surface area contributed by atoms with Crippen molar-refractivity contribution in [2.45, 2.75) is 5.16 Å². The van der Waals surface area contributed by atoms with E-state index < -0.39 is 16.6 Å². The first-order valence-corrected chi connectivity index (χ1v) is 8.71. The summed E-state index contributed by atoms with van der Waals surface area (Å²) in [5.41, 5.74) is 0.487. The number of nitrogens with one attached hydrogen (secondary N) is 1. The number of nitro benzene ring substituents is 1. The number of aromatic nitrogens is 4. The minimum atomic E-state index is -0.584. The van der Waals surface area contributed by atoms with E-state index in [1.54, 1.807) is 6.07 Å². The van der Waals surface area contributed by atoms with E-state index in [2.05, 4.69) is 20.8 Å². The molecular formula is C15H10ClFN6O3S. The Balaban J connectivity index is 1.65. The maximum Gasteiger partial charge on any atom is 0.271 e. The number of nitrogens with zero attached hydrogens (tertiary/aromatic N) is 5. The van der Waals surface area contributed by atoms with Gasteiger partial charge in [0.25, 0.3) is 5.69 Å². The van der Waals surface area contributed by atoms with Crippen molar-refractivity contribution < 1.29 is 14.1 Å². The van der Waals surface area contributed by atoms with E-state index in [0.717, 1.165) is 17.8 Å². The average molecular weight is 409 g/mol. The first kappa shape index (κ1) is 18.7. The fourth-order valence-electron chi connectivity index (χ4n) is 2.07. The van der Waals surface area contributed by atoms with Gasteiger partial charge in [0.2, 0.25) is 11.1 Å². The molecule has 0 spiro atoms. The van der Waals surface area contributed by atoms with E-state index in [4.69, 9.17) is 11.6 Å². The van der Waals surface area contributed by atoms with E-state index in [9.17, 15) is 19.3 Å². The molecule has 0 fully saturated rings. The Bertz CT molecular complexity index is 1010. The predicted octanol–water partition coefficient (Wildman–Crippen LogP) is 3.09. The molecule has 0 aliphatic rings. The quantitative estimate of drug-likeness (QED) is 0.378. The van der Waals surface area contributed by atoms with Crippen molar-refractivity contribution in [3.8, 4) is 5.69 Å². The number of hydrogen-bond acceptors (Lipinski definition) is 7. The summed E-state index contributed by atoms with van der Waals surface area (Å²) in [4.78, 5) is 22.2. The Morgan fingerprint density at radius 1 is 1.33 bits per heavy atom. The minimum absolute atomic E-state index is 0.0483.